The molecule has 5 nitrogen and oxygen atoms in total. The minimum Gasteiger partial charge on any atom is -0.349 e. The highest BCUT2D eigenvalue weighted by Crippen LogP contribution is 2.25. The summed E-state index contributed by atoms with van der Waals surface area (Å²) < 4.78 is 5.22. The number of amides is 1. The Hall–Kier alpha value is -1.91. The maximum absolute atomic E-state index is 12.5. The molecule has 0 aliphatic heterocycles. The van der Waals surface area contributed by atoms with Crippen LogP contribution in [-0.4, -0.2) is 22.1 Å². The van der Waals surface area contributed by atoms with Gasteiger partial charge in [-0.3, -0.25) is 4.79 Å². The quantitative estimate of drug-likeness (QED) is 0.939. The molecule has 5 heteroatoms. The average Bonchev–Trinajstić information content (AvgIpc) is 2.90. The van der Waals surface area contributed by atoms with Crippen LogP contribution in [0.1, 0.15) is 68.4 Å². The van der Waals surface area contributed by atoms with Crippen molar-refractivity contribution in [3.8, 4) is 0 Å². The normalized spacial score (nSPS) is 22.2. The van der Waals surface area contributed by atoms with Gasteiger partial charge in [0, 0.05) is 12.2 Å². The fraction of sp³-hybridized carbons (Fsp3) is 0.588. The Bertz CT molecular complexity index is 678. The molecule has 118 valence electrons. The Morgan fingerprint density at radius 3 is 2.95 bits per heavy atom. The lowest BCUT2D eigenvalue weighted by Crippen LogP contribution is -2.38. The van der Waals surface area contributed by atoms with Gasteiger partial charge in [-0.1, -0.05) is 38.8 Å². The summed E-state index contributed by atoms with van der Waals surface area (Å²) in [4.78, 5) is 16.7. The van der Waals surface area contributed by atoms with E-state index in [1.807, 2.05) is 19.9 Å². The number of hydrogen-bond donors (Lipinski definition) is 1. The minimum atomic E-state index is -0.0515. The first-order chi connectivity index (χ1) is 10.5. The van der Waals surface area contributed by atoms with Crippen molar-refractivity contribution in [1.82, 2.24) is 15.5 Å². The Kier molecular flexibility index (Phi) is 4.14. The standard InChI is InChI=1S/C17H23N3O2/c1-10(2)15-14-8-12(9-18-17(14)22-20-15)16(21)19-13-6-4-5-11(3)7-13/h8-11,13H,4-7H2,1-3H3,(H,19,21)/t11-,13-/m0/s1. The molecule has 1 aliphatic rings. The molecular formula is C17H23N3O2. The minimum absolute atomic E-state index is 0.0515. The summed E-state index contributed by atoms with van der Waals surface area (Å²) in [6.07, 6.45) is 6.15. The molecule has 3 rings (SSSR count). The molecule has 0 unspecified atom stereocenters. The molecule has 0 bridgehead atoms. The Labute approximate surface area is 130 Å². The van der Waals surface area contributed by atoms with Gasteiger partial charge >= 0.3 is 0 Å². The molecule has 1 saturated carbocycles. The van der Waals surface area contributed by atoms with Gasteiger partial charge in [0.25, 0.3) is 11.6 Å². The molecule has 1 fully saturated rings. The predicted molar refractivity (Wildman–Crippen MR) is 84.8 cm³/mol. The molecule has 0 spiro atoms. The molecular weight excluding hydrogens is 278 g/mol. The van der Waals surface area contributed by atoms with E-state index in [0.29, 0.717) is 17.2 Å². The zero-order chi connectivity index (χ0) is 15.7. The van der Waals surface area contributed by atoms with Gasteiger partial charge < -0.3 is 9.84 Å². The van der Waals surface area contributed by atoms with Gasteiger partial charge in [-0.15, -0.1) is 0 Å². The highest BCUT2D eigenvalue weighted by Gasteiger charge is 2.22. The molecule has 2 heterocycles. The zero-order valence-corrected chi connectivity index (χ0v) is 13.4. The number of carbonyl (C=O) groups excluding carboxylic acids is 1. The summed E-state index contributed by atoms with van der Waals surface area (Å²) in [6, 6.07) is 2.12. The lowest BCUT2D eigenvalue weighted by Gasteiger charge is -2.27. The number of fused-ring (bicyclic) bond motifs is 1. The van der Waals surface area contributed by atoms with Crippen LogP contribution in [0, 0.1) is 5.92 Å². The van der Waals surface area contributed by atoms with Crippen LogP contribution in [-0.2, 0) is 0 Å². The summed E-state index contributed by atoms with van der Waals surface area (Å²) >= 11 is 0. The fourth-order valence-corrected chi connectivity index (χ4v) is 3.22. The van der Waals surface area contributed by atoms with Gasteiger partial charge in [0.2, 0.25) is 0 Å². The van der Waals surface area contributed by atoms with E-state index in [-0.39, 0.29) is 17.9 Å². The van der Waals surface area contributed by atoms with Crippen LogP contribution in [0.5, 0.6) is 0 Å². The maximum Gasteiger partial charge on any atom is 0.257 e. The van der Waals surface area contributed by atoms with Crippen molar-refractivity contribution in [3.05, 3.63) is 23.5 Å². The maximum atomic E-state index is 12.5. The van der Waals surface area contributed by atoms with Gasteiger partial charge in [0.15, 0.2) is 0 Å². The number of rotatable bonds is 3. The van der Waals surface area contributed by atoms with Crippen LogP contribution in [0.4, 0.5) is 0 Å². The SMILES string of the molecule is CC(C)c1noc2ncc(C(=O)N[C@H]3CCC[C@H](C)C3)cc12. The summed E-state index contributed by atoms with van der Waals surface area (Å²) in [6.45, 7) is 6.35. The average molecular weight is 301 g/mol. The molecule has 2 aromatic heterocycles. The van der Waals surface area contributed by atoms with Crippen molar-refractivity contribution in [1.29, 1.82) is 0 Å². The van der Waals surface area contributed by atoms with Crippen LogP contribution >= 0.6 is 0 Å². The van der Waals surface area contributed by atoms with E-state index >= 15 is 0 Å². The summed E-state index contributed by atoms with van der Waals surface area (Å²) in [5, 5.41) is 8.03. The van der Waals surface area contributed by atoms with Crippen molar-refractivity contribution < 1.29 is 9.32 Å². The number of hydrogen-bond acceptors (Lipinski definition) is 4. The van der Waals surface area contributed by atoms with Gasteiger partial charge in [-0.2, -0.15) is 0 Å². The Morgan fingerprint density at radius 1 is 1.41 bits per heavy atom. The lowest BCUT2D eigenvalue weighted by molar-refractivity contribution is 0.0921. The summed E-state index contributed by atoms with van der Waals surface area (Å²) in [5.74, 6) is 0.871. The number of nitrogens with zero attached hydrogens (tertiary/aromatic N) is 2. The highest BCUT2D eigenvalue weighted by atomic mass is 16.5. The number of aromatic nitrogens is 2. The third-order valence-electron chi connectivity index (χ3n) is 4.44. The van der Waals surface area contributed by atoms with Crippen molar-refractivity contribution in [2.45, 2.75) is 58.4 Å². The van der Waals surface area contributed by atoms with E-state index in [1.54, 1.807) is 6.20 Å². The molecule has 22 heavy (non-hydrogen) atoms. The highest BCUT2D eigenvalue weighted by molar-refractivity contribution is 5.97. The third-order valence-corrected chi connectivity index (χ3v) is 4.44. The van der Waals surface area contributed by atoms with Crippen LogP contribution in [0.25, 0.3) is 11.1 Å². The zero-order valence-electron chi connectivity index (χ0n) is 13.4. The van der Waals surface area contributed by atoms with Crippen LogP contribution in [0.15, 0.2) is 16.8 Å². The first-order valence-corrected chi connectivity index (χ1v) is 8.10. The third kappa shape index (κ3) is 2.98. The van der Waals surface area contributed by atoms with Gasteiger partial charge in [-0.25, -0.2) is 4.98 Å². The van der Waals surface area contributed by atoms with Crippen molar-refractivity contribution in [2.75, 3.05) is 0 Å². The second kappa shape index (κ2) is 6.07. The topological polar surface area (TPSA) is 68.0 Å². The van der Waals surface area contributed by atoms with E-state index in [2.05, 4.69) is 22.4 Å². The van der Waals surface area contributed by atoms with Gasteiger partial charge in [-0.05, 0) is 30.7 Å². The van der Waals surface area contributed by atoms with Crippen LogP contribution in [0.3, 0.4) is 0 Å². The molecule has 1 aliphatic carbocycles. The van der Waals surface area contributed by atoms with E-state index < -0.39 is 0 Å². The second-order valence-electron chi connectivity index (χ2n) is 6.74. The first kappa shape index (κ1) is 15.0. The van der Waals surface area contributed by atoms with Crippen LogP contribution in [0.2, 0.25) is 0 Å². The van der Waals surface area contributed by atoms with Crippen LogP contribution < -0.4 is 5.32 Å². The van der Waals surface area contributed by atoms with Gasteiger partial charge in [0.05, 0.1) is 16.6 Å². The largest absolute Gasteiger partial charge is 0.349 e. The first-order valence-electron chi connectivity index (χ1n) is 8.10. The summed E-state index contributed by atoms with van der Waals surface area (Å²) in [7, 11) is 0. The molecule has 0 saturated heterocycles. The smallest absolute Gasteiger partial charge is 0.257 e. The van der Waals surface area contributed by atoms with Crippen molar-refractivity contribution in [3.63, 3.8) is 0 Å². The van der Waals surface area contributed by atoms with E-state index in [9.17, 15) is 4.79 Å². The number of carbonyl (C=O) groups is 1. The molecule has 0 aromatic carbocycles. The molecule has 2 atom stereocenters. The molecule has 1 N–H and O–H groups in total. The van der Waals surface area contributed by atoms with Crippen molar-refractivity contribution >= 4 is 17.0 Å². The van der Waals surface area contributed by atoms with E-state index in [0.717, 1.165) is 23.9 Å². The lowest BCUT2D eigenvalue weighted by atomic mass is 9.87. The van der Waals surface area contributed by atoms with Gasteiger partial charge in [0.1, 0.15) is 0 Å². The Morgan fingerprint density at radius 2 is 2.23 bits per heavy atom. The molecule has 0 radical (unpaired) electrons. The van der Waals surface area contributed by atoms with Crippen molar-refractivity contribution in [2.24, 2.45) is 5.92 Å². The number of pyridine rings is 1. The van der Waals surface area contributed by atoms with E-state index in [4.69, 9.17) is 4.52 Å². The Balaban J connectivity index is 1.80. The molecule has 2 aromatic rings. The second-order valence-corrected chi connectivity index (χ2v) is 6.74. The molecule has 1 amide bonds. The number of nitrogens with one attached hydrogen (secondary N) is 1. The monoisotopic (exact) mass is 301 g/mol. The van der Waals surface area contributed by atoms with E-state index in [1.165, 1.54) is 12.8 Å². The summed E-state index contributed by atoms with van der Waals surface area (Å²) in [5.41, 5.74) is 1.92. The predicted octanol–water partition coefficient (Wildman–Crippen LogP) is 3.65. The fourth-order valence-electron chi connectivity index (χ4n) is 3.22.